The minimum atomic E-state index is -0.942. The van der Waals surface area contributed by atoms with Gasteiger partial charge >= 0.3 is 0 Å². The zero-order valence-electron chi connectivity index (χ0n) is 17.2. The molecule has 2 aliphatic heterocycles. The van der Waals surface area contributed by atoms with E-state index in [1.54, 1.807) is 19.2 Å². The molecule has 1 unspecified atom stereocenters. The molecule has 4 nitrogen and oxygen atoms in total. The first-order chi connectivity index (χ1) is 14.3. The van der Waals surface area contributed by atoms with E-state index in [9.17, 15) is 9.90 Å². The predicted molar refractivity (Wildman–Crippen MR) is 119 cm³/mol. The lowest BCUT2D eigenvalue weighted by atomic mass is 9.84. The number of benzene rings is 2. The lowest BCUT2D eigenvalue weighted by molar-refractivity contribution is -0.132. The second kappa shape index (κ2) is 8.01. The van der Waals surface area contributed by atoms with Crippen molar-refractivity contribution >= 4 is 34.6 Å². The van der Waals surface area contributed by atoms with Gasteiger partial charge in [0, 0.05) is 28.6 Å². The van der Waals surface area contributed by atoms with E-state index in [0.29, 0.717) is 28.6 Å². The van der Waals surface area contributed by atoms with Gasteiger partial charge in [0.25, 0.3) is 0 Å². The molecule has 0 spiro atoms. The fraction of sp³-hybridized carbons (Fsp3) is 0.375. The SMILES string of the molecule is CCc1ccc(-c2ccc(Cl)cc2Cl)cc1C1=C(O)[C@]2(C)O[C@H](CC2COC)C1=O. The predicted octanol–water partition coefficient (Wildman–Crippen LogP) is 5.88. The minimum absolute atomic E-state index is 0.0163. The number of ether oxygens (including phenoxy) is 2. The molecule has 30 heavy (non-hydrogen) atoms. The van der Waals surface area contributed by atoms with Crippen LogP contribution >= 0.6 is 23.2 Å². The third-order valence-corrected chi connectivity index (χ3v) is 6.83. The molecular weight excluding hydrogens is 423 g/mol. The Kier molecular flexibility index (Phi) is 5.71. The Morgan fingerprint density at radius 2 is 1.97 bits per heavy atom. The van der Waals surface area contributed by atoms with Crippen molar-refractivity contribution in [3.63, 3.8) is 0 Å². The number of aryl methyl sites for hydroxylation is 1. The largest absolute Gasteiger partial charge is 0.508 e. The number of Topliss-reactive ketones (excluding diaryl/α,β-unsaturated/α-hetero) is 1. The molecule has 1 fully saturated rings. The Morgan fingerprint density at radius 3 is 2.63 bits per heavy atom. The van der Waals surface area contributed by atoms with E-state index in [-0.39, 0.29) is 17.5 Å². The molecule has 2 aromatic carbocycles. The van der Waals surface area contributed by atoms with E-state index in [2.05, 4.69) is 0 Å². The number of hydrogen-bond acceptors (Lipinski definition) is 4. The van der Waals surface area contributed by atoms with Gasteiger partial charge in [-0.05, 0) is 54.7 Å². The highest BCUT2D eigenvalue weighted by Gasteiger charge is 2.56. The molecule has 4 rings (SSSR count). The Bertz CT molecular complexity index is 1050. The van der Waals surface area contributed by atoms with E-state index in [1.807, 2.05) is 38.1 Å². The van der Waals surface area contributed by atoms with Crippen molar-refractivity contribution in [1.29, 1.82) is 0 Å². The molecule has 6 heteroatoms. The molecule has 2 aliphatic rings. The summed E-state index contributed by atoms with van der Waals surface area (Å²) in [6, 6.07) is 11.2. The number of ketones is 1. The highest BCUT2D eigenvalue weighted by atomic mass is 35.5. The third-order valence-electron chi connectivity index (χ3n) is 6.28. The molecule has 0 aromatic heterocycles. The summed E-state index contributed by atoms with van der Waals surface area (Å²) in [6.07, 6.45) is 0.673. The zero-order valence-corrected chi connectivity index (χ0v) is 18.7. The van der Waals surface area contributed by atoms with Gasteiger partial charge in [-0.3, -0.25) is 4.79 Å². The summed E-state index contributed by atoms with van der Waals surface area (Å²) in [5.41, 5.74) is 2.78. The lowest BCUT2D eigenvalue weighted by Crippen LogP contribution is -2.41. The normalized spacial score (nSPS) is 25.8. The number of rotatable bonds is 5. The van der Waals surface area contributed by atoms with Gasteiger partial charge in [0.2, 0.25) is 0 Å². The minimum Gasteiger partial charge on any atom is -0.508 e. The summed E-state index contributed by atoms with van der Waals surface area (Å²) in [5.74, 6) is -0.289. The highest BCUT2D eigenvalue weighted by molar-refractivity contribution is 6.36. The molecule has 0 radical (unpaired) electrons. The molecule has 2 bridgehead atoms. The maximum Gasteiger partial charge on any atom is 0.195 e. The molecule has 3 atom stereocenters. The third kappa shape index (κ3) is 3.36. The van der Waals surface area contributed by atoms with Gasteiger partial charge in [-0.1, -0.05) is 48.3 Å². The fourth-order valence-corrected chi connectivity index (χ4v) is 5.07. The van der Waals surface area contributed by atoms with Crippen LogP contribution in [0.5, 0.6) is 0 Å². The first-order valence-electron chi connectivity index (χ1n) is 10.0. The smallest absolute Gasteiger partial charge is 0.195 e. The topological polar surface area (TPSA) is 55.8 Å². The zero-order chi connectivity index (χ0) is 21.6. The maximum absolute atomic E-state index is 13.3. The van der Waals surface area contributed by atoms with Crippen LogP contribution in [0.1, 0.15) is 31.4 Å². The molecule has 0 amide bonds. The number of aliphatic hydroxyl groups is 1. The maximum atomic E-state index is 13.3. The van der Waals surface area contributed by atoms with Gasteiger partial charge in [-0.2, -0.15) is 0 Å². The van der Waals surface area contributed by atoms with Crippen molar-refractivity contribution in [3.05, 3.63) is 63.3 Å². The Hall–Kier alpha value is -1.85. The monoisotopic (exact) mass is 446 g/mol. The molecular formula is C24H24Cl2O4. The van der Waals surface area contributed by atoms with Crippen LogP contribution in [0, 0.1) is 5.92 Å². The molecule has 1 saturated heterocycles. The molecule has 0 aliphatic carbocycles. The van der Waals surface area contributed by atoms with E-state index in [1.165, 1.54) is 0 Å². The molecule has 158 valence electrons. The van der Waals surface area contributed by atoms with Gasteiger partial charge in [0.05, 0.1) is 12.2 Å². The summed E-state index contributed by atoms with van der Waals surface area (Å²) in [4.78, 5) is 13.3. The number of aliphatic hydroxyl groups excluding tert-OH is 1. The molecule has 2 aromatic rings. The summed E-state index contributed by atoms with van der Waals surface area (Å²) < 4.78 is 11.3. The molecule has 1 N–H and O–H groups in total. The number of carbonyl (C=O) groups is 1. The van der Waals surface area contributed by atoms with Crippen molar-refractivity contribution in [2.45, 2.75) is 38.4 Å². The van der Waals surface area contributed by atoms with Crippen molar-refractivity contribution in [2.24, 2.45) is 5.92 Å². The number of hydrogen-bond donors (Lipinski definition) is 1. The van der Waals surface area contributed by atoms with Crippen LogP contribution in [0.4, 0.5) is 0 Å². The van der Waals surface area contributed by atoms with Crippen molar-refractivity contribution in [1.82, 2.24) is 0 Å². The van der Waals surface area contributed by atoms with Gasteiger partial charge < -0.3 is 14.6 Å². The van der Waals surface area contributed by atoms with Crippen molar-refractivity contribution in [3.8, 4) is 11.1 Å². The average molecular weight is 447 g/mol. The van der Waals surface area contributed by atoms with E-state index in [4.69, 9.17) is 32.7 Å². The van der Waals surface area contributed by atoms with Crippen LogP contribution in [-0.4, -0.2) is 36.3 Å². The Balaban J connectivity index is 1.89. The Morgan fingerprint density at radius 1 is 1.20 bits per heavy atom. The van der Waals surface area contributed by atoms with E-state index in [0.717, 1.165) is 28.7 Å². The van der Waals surface area contributed by atoms with Crippen LogP contribution < -0.4 is 0 Å². The summed E-state index contributed by atoms with van der Waals surface area (Å²) >= 11 is 12.5. The van der Waals surface area contributed by atoms with Crippen LogP contribution in [0.3, 0.4) is 0 Å². The number of methoxy groups -OCH3 is 1. The number of fused-ring (bicyclic) bond motifs is 2. The van der Waals surface area contributed by atoms with Crippen molar-refractivity contribution < 1.29 is 19.4 Å². The van der Waals surface area contributed by atoms with E-state index >= 15 is 0 Å². The summed E-state index contributed by atoms with van der Waals surface area (Å²) in [6.45, 7) is 4.28. The van der Waals surface area contributed by atoms with Gasteiger partial charge in [-0.25, -0.2) is 0 Å². The standard InChI is InChI=1S/C24H24Cl2O4/c1-4-13-5-6-14(17-8-7-16(25)11-19(17)26)9-18(13)21-22(27)20-10-15(12-29-3)24(2,30-20)23(21)28/h5-9,11,15,20,28H,4,10,12H2,1-3H3/t15?,20-,24-/m1/s1. The van der Waals surface area contributed by atoms with Crippen LogP contribution in [-0.2, 0) is 20.7 Å². The van der Waals surface area contributed by atoms with Crippen LogP contribution in [0.25, 0.3) is 16.7 Å². The highest BCUT2D eigenvalue weighted by Crippen LogP contribution is 2.49. The quantitative estimate of drug-likeness (QED) is 0.622. The summed E-state index contributed by atoms with van der Waals surface area (Å²) in [7, 11) is 1.61. The van der Waals surface area contributed by atoms with Crippen molar-refractivity contribution in [2.75, 3.05) is 13.7 Å². The second-order valence-electron chi connectivity index (χ2n) is 8.04. The summed E-state index contributed by atoms with van der Waals surface area (Å²) in [5, 5.41) is 12.3. The number of carbonyl (C=O) groups excluding carboxylic acids is 1. The van der Waals surface area contributed by atoms with Gasteiger partial charge in [0.15, 0.2) is 5.78 Å². The lowest BCUT2D eigenvalue weighted by Gasteiger charge is -2.34. The number of halogens is 2. The fourth-order valence-electron chi connectivity index (χ4n) is 4.56. The first-order valence-corrected chi connectivity index (χ1v) is 10.8. The van der Waals surface area contributed by atoms with E-state index < -0.39 is 11.7 Å². The second-order valence-corrected chi connectivity index (χ2v) is 8.88. The average Bonchev–Trinajstić information content (AvgIpc) is 3.02. The molecule has 0 saturated carbocycles. The van der Waals surface area contributed by atoms with Gasteiger partial charge in [0.1, 0.15) is 17.5 Å². The van der Waals surface area contributed by atoms with Crippen LogP contribution in [0.15, 0.2) is 42.2 Å². The molecule has 2 heterocycles. The Labute approximate surface area is 186 Å². The first kappa shape index (κ1) is 21.4. The van der Waals surface area contributed by atoms with Gasteiger partial charge in [-0.15, -0.1) is 0 Å². The van der Waals surface area contributed by atoms with Crippen LogP contribution in [0.2, 0.25) is 10.0 Å².